The number of ether oxygens (including phenoxy) is 2. The average molecular weight is 283 g/mol. The molecule has 4 heteroatoms. The van der Waals surface area contributed by atoms with Crippen LogP contribution in [0.5, 0.6) is 0 Å². The summed E-state index contributed by atoms with van der Waals surface area (Å²) < 4.78 is 11.1. The van der Waals surface area contributed by atoms with E-state index in [0.717, 1.165) is 5.56 Å². The molecule has 0 saturated carbocycles. The number of rotatable bonds is 5. The molecule has 1 fully saturated rings. The minimum absolute atomic E-state index is 0.103. The van der Waals surface area contributed by atoms with E-state index >= 15 is 0 Å². The second-order valence-corrected chi connectivity index (χ2v) is 5.14. The smallest absolute Gasteiger partial charge is 0.169 e. The zero-order valence-corrected chi connectivity index (χ0v) is 11.9. The molecule has 2 rings (SSSR count). The Balaban J connectivity index is 2.14. The molecule has 19 heavy (non-hydrogen) atoms. The topological polar surface area (TPSA) is 35.5 Å². The summed E-state index contributed by atoms with van der Waals surface area (Å²) in [6.07, 6.45) is 1.58. The standard InChI is InChI=1S/C15H19ClO3/c1-2-19-15(7-9-18-10-8-15)14(17)11-12-5-3-4-6-13(12)16/h3-6H,2,7-11H2,1H3. The van der Waals surface area contributed by atoms with Gasteiger partial charge in [-0.3, -0.25) is 4.79 Å². The normalized spacial score (nSPS) is 18.2. The molecule has 3 nitrogen and oxygen atoms in total. The van der Waals surface area contributed by atoms with E-state index in [2.05, 4.69) is 0 Å². The molecular weight excluding hydrogens is 264 g/mol. The summed E-state index contributed by atoms with van der Waals surface area (Å²) in [5.41, 5.74) is 0.173. The fraction of sp³-hybridized carbons (Fsp3) is 0.533. The molecular formula is C15H19ClO3. The van der Waals surface area contributed by atoms with Gasteiger partial charge in [0.05, 0.1) is 0 Å². The monoisotopic (exact) mass is 282 g/mol. The summed E-state index contributed by atoms with van der Waals surface area (Å²) in [7, 11) is 0. The van der Waals surface area contributed by atoms with Gasteiger partial charge in [-0.25, -0.2) is 0 Å². The third-order valence-electron chi connectivity index (χ3n) is 3.54. The highest BCUT2D eigenvalue weighted by molar-refractivity contribution is 6.31. The Morgan fingerprint density at radius 3 is 2.68 bits per heavy atom. The van der Waals surface area contributed by atoms with Crippen molar-refractivity contribution in [3.63, 3.8) is 0 Å². The van der Waals surface area contributed by atoms with E-state index in [1.807, 2.05) is 31.2 Å². The first-order valence-electron chi connectivity index (χ1n) is 6.66. The quantitative estimate of drug-likeness (QED) is 0.833. The van der Waals surface area contributed by atoms with Gasteiger partial charge in [0.25, 0.3) is 0 Å². The zero-order valence-electron chi connectivity index (χ0n) is 11.2. The van der Waals surface area contributed by atoms with Gasteiger partial charge < -0.3 is 9.47 Å². The van der Waals surface area contributed by atoms with Crippen molar-refractivity contribution < 1.29 is 14.3 Å². The van der Waals surface area contributed by atoms with Gasteiger partial charge >= 0.3 is 0 Å². The van der Waals surface area contributed by atoms with Crippen LogP contribution in [0.25, 0.3) is 0 Å². The third-order valence-corrected chi connectivity index (χ3v) is 3.91. The van der Waals surface area contributed by atoms with Crippen LogP contribution in [0.4, 0.5) is 0 Å². The van der Waals surface area contributed by atoms with Gasteiger partial charge in [0.1, 0.15) is 5.60 Å². The molecule has 1 aromatic carbocycles. The van der Waals surface area contributed by atoms with Gasteiger partial charge in [-0.05, 0) is 18.6 Å². The van der Waals surface area contributed by atoms with Crippen LogP contribution in [0, 0.1) is 0 Å². The van der Waals surface area contributed by atoms with Crippen LogP contribution in [0.1, 0.15) is 25.3 Å². The van der Waals surface area contributed by atoms with Crippen molar-refractivity contribution in [2.75, 3.05) is 19.8 Å². The summed E-state index contributed by atoms with van der Waals surface area (Å²) in [4.78, 5) is 12.6. The molecule has 0 aromatic heterocycles. The third kappa shape index (κ3) is 3.35. The molecule has 104 valence electrons. The van der Waals surface area contributed by atoms with Crippen molar-refractivity contribution in [2.45, 2.75) is 31.8 Å². The summed E-state index contributed by atoms with van der Waals surface area (Å²) >= 11 is 6.11. The Kier molecular flexibility index (Phi) is 4.97. The van der Waals surface area contributed by atoms with E-state index in [1.54, 1.807) is 0 Å². The SMILES string of the molecule is CCOC1(C(=O)Cc2ccccc2Cl)CCOCC1. The van der Waals surface area contributed by atoms with Gasteiger partial charge in [0.15, 0.2) is 5.78 Å². The van der Waals surface area contributed by atoms with Gasteiger partial charge in [-0.1, -0.05) is 29.8 Å². The molecule has 1 aromatic rings. The Labute approximate surface area is 118 Å². The first-order chi connectivity index (χ1) is 9.18. The van der Waals surface area contributed by atoms with E-state index in [0.29, 0.717) is 44.1 Å². The van der Waals surface area contributed by atoms with E-state index in [4.69, 9.17) is 21.1 Å². The number of hydrogen-bond acceptors (Lipinski definition) is 3. The van der Waals surface area contributed by atoms with Gasteiger partial charge in [-0.2, -0.15) is 0 Å². The molecule has 0 bridgehead atoms. The summed E-state index contributed by atoms with van der Waals surface area (Å²) in [6, 6.07) is 7.45. The van der Waals surface area contributed by atoms with Gasteiger partial charge in [0.2, 0.25) is 0 Å². The van der Waals surface area contributed by atoms with Gasteiger partial charge in [-0.15, -0.1) is 0 Å². The Bertz CT molecular complexity index is 433. The van der Waals surface area contributed by atoms with E-state index in [9.17, 15) is 4.79 Å². The molecule has 1 heterocycles. The summed E-state index contributed by atoms with van der Waals surface area (Å²) in [5.74, 6) is 0.103. The lowest BCUT2D eigenvalue weighted by molar-refractivity contribution is -0.156. The van der Waals surface area contributed by atoms with E-state index in [1.165, 1.54) is 0 Å². The van der Waals surface area contributed by atoms with Crippen molar-refractivity contribution in [1.29, 1.82) is 0 Å². The summed E-state index contributed by atoms with van der Waals surface area (Å²) in [6.45, 7) is 3.61. The number of Topliss-reactive ketones (excluding diaryl/α,β-unsaturated/α-hetero) is 1. The maximum atomic E-state index is 12.6. The van der Waals surface area contributed by atoms with Crippen molar-refractivity contribution in [2.24, 2.45) is 0 Å². The number of carbonyl (C=O) groups is 1. The molecule has 0 unspecified atom stereocenters. The minimum Gasteiger partial charge on any atom is -0.381 e. The number of carbonyl (C=O) groups excluding carboxylic acids is 1. The van der Waals surface area contributed by atoms with Crippen LogP contribution < -0.4 is 0 Å². The molecule has 1 aliphatic rings. The van der Waals surface area contributed by atoms with Crippen molar-refractivity contribution >= 4 is 17.4 Å². The first-order valence-corrected chi connectivity index (χ1v) is 7.04. The highest BCUT2D eigenvalue weighted by Gasteiger charge is 2.40. The number of halogens is 1. The molecule has 0 amide bonds. The molecule has 0 aliphatic carbocycles. The highest BCUT2D eigenvalue weighted by Crippen LogP contribution is 2.29. The van der Waals surface area contributed by atoms with Crippen LogP contribution in [0.2, 0.25) is 5.02 Å². The van der Waals surface area contributed by atoms with Crippen molar-refractivity contribution in [3.8, 4) is 0 Å². The second kappa shape index (κ2) is 6.51. The predicted octanol–water partition coefficient (Wildman–Crippen LogP) is 3.04. The molecule has 0 spiro atoms. The fourth-order valence-corrected chi connectivity index (χ4v) is 2.66. The lowest BCUT2D eigenvalue weighted by Gasteiger charge is -2.35. The lowest BCUT2D eigenvalue weighted by Crippen LogP contribution is -2.47. The van der Waals surface area contributed by atoms with E-state index in [-0.39, 0.29) is 5.78 Å². The Morgan fingerprint density at radius 2 is 2.05 bits per heavy atom. The molecule has 1 saturated heterocycles. The minimum atomic E-state index is -0.688. The second-order valence-electron chi connectivity index (χ2n) is 4.73. The van der Waals surface area contributed by atoms with Crippen LogP contribution in [0.15, 0.2) is 24.3 Å². The van der Waals surface area contributed by atoms with E-state index < -0.39 is 5.60 Å². The van der Waals surface area contributed by atoms with Crippen LogP contribution in [-0.4, -0.2) is 31.2 Å². The summed E-state index contributed by atoms with van der Waals surface area (Å²) in [5, 5.41) is 0.634. The lowest BCUT2D eigenvalue weighted by atomic mass is 9.86. The predicted molar refractivity (Wildman–Crippen MR) is 74.6 cm³/mol. The highest BCUT2D eigenvalue weighted by atomic mass is 35.5. The molecule has 0 N–H and O–H groups in total. The zero-order chi connectivity index (χ0) is 13.7. The van der Waals surface area contributed by atoms with Crippen LogP contribution >= 0.6 is 11.6 Å². The maximum absolute atomic E-state index is 12.6. The molecule has 0 radical (unpaired) electrons. The Morgan fingerprint density at radius 1 is 1.37 bits per heavy atom. The van der Waals surface area contributed by atoms with Crippen molar-refractivity contribution in [3.05, 3.63) is 34.9 Å². The first kappa shape index (κ1) is 14.5. The number of hydrogen-bond donors (Lipinski definition) is 0. The fourth-order valence-electron chi connectivity index (χ4n) is 2.46. The largest absolute Gasteiger partial charge is 0.381 e. The molecule has 1 aliphatic heterocycles. The van der Waals surface area contributed by atoms with Crippen LogP contribution in [0.3, 0.4) is 0 Å². The average Bonchev–Trinajstić information content (AvgIpc) is 2.42. The number of benzene rings is 1. The maximum Gasteiger partial charge on any atom is 0.169 e. The van der Waals surface area contributed by atoms with Crippen molar-refractivity contribution in [1.82, 2.24) is 0 Å². The van der Waals surface area contributed by atoms with Gasteiger partial charge in [0, 0.05) is 44.1 Å². The van der Waals surface area contributed by atoms with Crippen LogP contribution in [-0.2, 0) is 20.7 Å². The number of ketones is 1. The molecule has 0 atom stereocenters. The Hall–Kier alpha value is -0.900.